The van der Waals surface area contributed by atoms with Crippen LogP contribution in [0.5, 0.6) is 0 Å². The predicted molar refractivity (Wildman–Crippen MR) is 77.8 cm³/mol. The first-order valence-electron chi connectivity index (χ1n) is 6.01. The zero-order valence-corrected chi connectivity index (χ0v) is 12.8. The van der Waals surface area contributed by atoms with E-state index in [-0.39, 0.29) is 35.2 Å². The van der Waals surface area contributed by atoms with Gasteiger partial charge in [-0.05, 0) is 24.6 Å². The molecule has 0 aliphatic carbocycles. The van der Waals surface area contributed by atoms with Crippen LogP contribution < -0.4 is 10.0 Å². The molecule has 0 spiro atoms. The molecule has 0 saturated heterocycles. The average molecular weight is 335 g/mol. The van der Waals surface area contributed by atoms with Gasteiger partial charge in [0.15, 0.2) is 0 Å². The van der Waals surface area contributed by atoms with Gasteiger partial charge in [0.1, 0.15) is 0 Å². The molecule has 0 aliphatic heterocycles. The Morgan fingerprint density at radius 3 is 2.52 bits per heavy atom. The van der Waals surface area contributed by atoms with Crippen molar-refractivity contribution in [2.75, 3.05) is 11.9 Å². The first-order chi connectivity index (χ1) is 9.72. The van der Waals surface area contributed by atoms with Gasteiger partial charge in [0, 0.05) is 19.9 Å². The first kappa shape index (κ1) is 17.4. The largest absolute Gasteiger partial charge is 0.481 e. The molecule has 3 N–H and O–H groups in total. The number of hydrogen-bond acceptors (Lipinski definition) is 4. The van der Waals surface area contributed by atoms with E-state index in [1.165, 1.54) is 25.1 Å². The normalized spacial score (nSPS) is 11.1. The number of amides is 1. The molecule has 1 aromatic carbocycles. The van der Waals surface area contributed by atoms with Gasteiger partial charge in [-0.2, -0.15) is 0 Å². The van der Waals surface area contributed by atoms with Crippen LogP contribution in [0, 0.1) is 0 Å². The molecule has 0 atom stereocenters. The molecule has 0 saturated carbocycles. The van der Waals surface area contributed by atoms with E-state index in [2.05, 4.69) is 10.0 Å². The summed E-state index contributed by atoms with van der Waals surface area (Å²) in [7, 11) is -3.77. The lowest BCUT2D eigenvalue weighted by atomic mass is 10.3. The minimum Gasteiger partial charge on any atom is -0.481 e. The van der Waals surface area contributed by atoms with Gasteiger partial charge < -0.3 is 10.4 Å². The molecule has 116 valence electrons. The highest BCUT2D eigenvalue weighted by Crippen LogP contribution is 2.25. The maximum atomic E-state index is 12.0. The van der Waals surface area contributed by atoms with E-state index in [4.69, 9.17) is 16.7 Å². The summed E-state index contributed by atoms with van der Waals surface area (Å²) in [5.74, 6) is -1.31. The average Bonchev–Trinajstić information content (AvgIpc) is 2.36. The van der Waals surface area contributed by atoms with Crippen molar-refractivity contribution in [2.45, 2.75) is 24.7 Å². The number of benzene rings is 1. The lowest BCUT2D eigenvalue weighted by Crippen LogP contribution is -2.25. The van der Waals surface area contributed by atoms with E-state index in [1.807, 2.05) is 0 Å². The van der Waals surface area contributed by atoms with E-state index in [0.29, 0.717) is 5.69 Å². The molecular formula is C12H15ClN2O5S. The molecule has 0 bridgehead atoms. The Kier molecular flexibility index (Phi) is 6.13. The number of hydrogen-bond donors (Lipinski definition) is 3. The number of carboxylic acids is 1. The highest BCUT2D eigenvalue weighted by molar-refractivity contribution is 7.89. The first-order valence-corrected chi connectivity index (χ1v) is 7.87. The van der Waals surface area contributed by atoms with E-state index in [0.717, 1.165) is 0 Å². The van der Waals surface area contributed by atoms with Crippen LogP contribution in [0.25, 0.3) is 0 Å². The van der Waals surface area contributed by atoms with Gasteiger partial charge in [0.25, 0.3) is 0 Å². The van der Waals surface area contributed by atoms with E-state index in [1.54, 1.807) is 0 Å². The van der Waals surface area contributed by atoms with Gasteiger partial charge in [-0.1, -0.05) is 11.6 Å². The molecule has 0 unspecified atom stereocenters. The summed E-state index contributed by atoms with van der Waals surface area (Å²) in [5.41, 5.74) is 0.314. The van der Waals surface area contributed by atoms with Crippen LogP contribution in [0.4, 0.5) is 5.69 Å². The van der Waals surface area contributed by atoms with Crippen molar-refractivity contribution >= 4 is 39.2 Å². The number of sulfonamides is 1. The van der Waals surface area contributed by atoms with Crippen molar-refractivity contribution in [1.82, 2.24) is 4.72 Å². The molecule has 1 amide bonds. The molecule has 9 heteroatoms. The second-order valence-electron chi connectivity index (χ2n) is 4.22. The smallest absolute Gasteiger partial charge is 0.303 e. The summed E-state index contributed by atoms with van der Waals surface area (Å²) in [6, 6.07) is 3.90. The Morgan fingerprint density at radius 1 is 1.33 bits per heavy atom. The van der Waals surface area contributed by atoms with Gasteiger partial charge in [0.05, 0.1) is 15.6 Å². The molecule has 0 heterocycles. The summed E-state index contributed by atoms with van der Waals surface area (Å²) in [6.45, 7) is 1.32. The number of carboxylic acid groups (broad SMARTS) is 1. The molecule has 0 aromatic heterocycles. The molecule has 21 heavy (non-hydrogen) atoms. The van der Waals surface area contributed by atoms with Gasteiger partial charge in [-0.25, -0.2) is 13.1 Å². The third-order valence-electron chi connectivity index (χ3n) is 2.42. The number of halogens is 1. The van der Waals surface area contributed by atoms with Gasteiger partial charge in [-0.15, -0.1) is 0 Å². The standard InChI is InChI=1S/C12H15ClN2O5S/c1-8(16)15-11-5-4-9(7-10(11)13)21(19,20)14-6-2-3-12(17)18/h4-5,7,14H,2-3,6H2,1H3,(H,15,16)(H,17,18). The Hall–Kier alpha value is -1.64. The Morgan fingerprint density at radius 2 is 2.00 bits per heavy atom. The lowest BCUT2D eigenvalue weighted by molar-refractivity contribution is -0.137. The van der Waals surface area contributed by atoms with Crippen LogP contribution in [0.1, 0.15) is 19.8 Å². The van der Waals surface area contributed by atoms with Crippen LogP contribution in [-0.2, 0) is 19.6 Å². The van der Waals surface area contributed by atoms with E-state index in [9.17, 15) is 18.0 Å². The van der Waals surface area contributed by atoms with Crippen LogP contribution in [0.3, 0.4) is 0 Å². The van der Waals surface area contributed by atoms with E-state index >= 15 is 0 Å². The zero-order chi connectivity index (χ0) is 16.0. The highest BCUT2D eigenvalue weighted by atomic mass is 35.5. The summed E-state index contributed by atoms with van der Waals surface area (Å²) in [4.78, 5) is 21.2. The fourth-order valence-electron chi connectivity index (χ4n) is 1.48. The predicted octanol–water partition coefficient (Wildman–Crippen LogP) is 1.44. The van der Waals surface area contributed by atoms with Crippen LogP contribution >= 0.6 is 11.6 Å². The van der Waals surface area contributed by atoms with Crippen LogP contribution in [-0.4, -0.2) is 31.9 Å². The lowest BCUT2D eigenvalue weighted by Gasteiger charge is -2.09. The van der Waals surface area contributed by atoms with Gasteiger partial charge in [0.2, 0.25) is 15.9 Å². The summed E-state index contributed by atoms with van der Waals surface area (Å²) in [6.07, 6.45) is 0.0665. The number of anilines is 1. The topological polar surface area (TPSA) is 113 Å². The second kappa shape index (κ2) is 7.39. The van der Waals surface area contributed by atoms with Crippen LogP contribution in [0.2, 0.25) is 5.02 Å². The van der Waals surface area contributed by atoms with E-state index < -0.39 is 16.0 Å². The third-order valence-corrected chi connectivity index (χ3v) is 4.19. The quantitative estimate of drug-likeness (QED) is 0.653. The second-order valence-corrected chi connectivity index (χ2v) is 6.39. The fourth-order valence-corrected chi connectivity index (χ4v) is 2.88. The number of carbonyl (C=O) groups is 2. The number of carbonyl (C=O) groups excluding carboxylic acids is 1. The van der Waals surface area contributed by atoms with Crippen molar-refractivity contribution < 1.29 is 23.1 Å². The maximum absolute atomic E-state index is 12.0. The number of rotatable bonds is 7. The molecule has 1 rings (SSSR count). The molecule has 0 fully saturated rings. The fraction of sp³-hybridized carbons (Fsp3) is 0.333. The SMILES string of the molecule is CC(=O)Nc1ccc(S(=O)(=O)NCCCC(=O)O)cc1Cl. The summed E-state index contributed by atoms with van der Waals surface area (Å²) in [5, 5.41) is 11.0. The van der Waals surface area contributed by atoms with Gasteiger partial charge >= 0.3 is 5.97 Å². The third kappa shape index (κ3) is 5.70. The van der Waals surface area contributed by atoms with Crippen LogP contribution in [0.15, 0.2) is 23.1 Å². The van der Waals surface area contributed by atoms with Gasteiger partial charge in [-0.3, -0.25) is 9.59 Å². The maximum Gasteiger partial charge on any atom is 0.303 e. The minimum absolute atomic E-state index is 0.0136. The minimum atomic E-state index is -3.77. The molecule has 0 aliphatic rings. The molecule has 7 nitrogen and oxygen atoms in total. The van der Waals surface area contributed by atoms with Crippen molar-refractivity contribution in [3.05, 3.63) is 23.2 Å². The van der Waals surface area contributed by atoms with Crippen molar-refractivity contribution in [3.63, 3.8) is 0 Å². The Bertz CT molecular complexity index is 645. The van der Waals surface area contributed by atoms with Crippen molar-refractivity contribution in [2.24, 2.45) is 0 Å². The Balaban J connectivity index is 2.77. The summed E-state index contributed by atoms with van der Waals surface area (Å²) >= 11 is 5.90. The van der Waals surface area contributed by atoms with Crippen molar-refractivity contribution in [1.29, 1.82) is 0 Å². The van der Waals surface area contributed by atoms with Crippen molar-refractivity contribution in [3.8, 4) is 0 Å². The zero-order valence-electron chi connectivity index (χ0n) is 11.2. The Labute approximate surface area is 127 Å². The summed E-state index contributed by atoms with van der Waals surface area (Å²) < 4.78 is 26.2. The molecule has 0 radical (unpaired) electrons. The molecular weight excluding hydrogens is 320 g/mol. The monoisotopic (exact) mass is 334 g/mol. The highest BCUT2D eigenvalue weighted by Gasteiger charge is 2.15. The molecule has 1 aromatic rings. The number of aliphatic carboxylic acids is 1. The number of nitrogens with one attached hydrogen (secondary N) is 2.